The number of rotatable bonds is 6. The Hall–Kier alpha value is -2.21. The van der Waals surface area contributed by atoms with E-state index in [9.17, 15) is 4.79 Å². The third-order valence-electron chi connectivity index (χ3n) is 2.48. The number of furan rings is 2. The van der Waals surface area contributed by atoms with Crippen LogP contribution in [0.25, 0.3) is 11.3 Å². The van der Waals surface area contributed by atoms with Gasteiger partial charge in [0.1, 0.15) is 17.8 Å². The molecule has 0 radical (unpaired) electrons. The Morgan fingerprint density at radius 3 is 2.95 bits per heavy atom. The molecule has 19 heavy (non-hydrogen) atoms. The molecule has 0 saturated heterocycles. The van der Waals surface area contributed by atoms with Gasteiger partial charge in [-0.2, -0.15) is 0 Å². The highest BCUT2D eigenvalue weighted by molar-refractivity contribution is 5.73. The molecule has 0 aliphatic carbocycles. The first-order chi connectivity index (χ1) is 9.29. The molecule has 2 N–H and O–H groups in total. The minimum atomic E-state index is -0.252. The molecule has 2 aromatic heterocycles. The summed E-state index contributed by atoms with van der Waals surface area (Å²) in [4.78, 5) is 11.4. The molecule has 0 fully saturated rings. The highest BCUT2D eigenvalue weighted by atomic mass is 16.5. The number of hydrogen-bond donors (Lipinski definition) is 2. The zero-order valence-electron chi connectivity index (χ0n) is 10.6. The summed E-state index contributed by atoms with van der Waals surface area (Å²) in [6.45, 7) is 1.29. The molecule has 0 spiro atoms. The van der Waals surface area contributed by atoms with E-state index in [2.05, 4.69) is 10.6 Å². The van der Waals surface area contributed by atoms with E-state index in [1.807, 2.05) is 18.2 Å². The smallest absolute Gasteiger partial charge is 0.315 e. The Bertz CT molecular complexity index is 504. The second kappa shape index (κ2) is 6.65. The molecular formula is C13H16N2O4. The van der Waals surface area contributed by atoms with Crippen LogP contribution >= 0.6 is 0 Å². The molecular weight excluding hydrogens is 248 g/mol. The molecule has 0 unspecified atom stereocenters. The summed E-state index contributed by atoms with van der Waals surface area (Å²) in [5.41, 5.74) is 0.871. The fourth-order valence-electron chi connectivity index (χ4n) is 1.53. The number of amides is 2. The maximum atomic E-state index is 11.4. The molecule has 0 aliphatic heterocycles. The summed E-state index contributed by atoms with van der Waals surface area (Å²) in [6, 6.07) is 5.22. The van der Waals surface area contributed by atoms with Crippen LogP contribution in [0.15, 0.2) is 39.6 Å². The molecule has 0 aliphatic rings. The van der Waals surface area contributed by atoms with Crippen LogP contribution in [-0.4, -0.2) is 26.3 Å². The lowest BCUT2D eigenvalue weighted by molar-refractivity contribution is 0.195. The van der Waals surface area contributed by atoms with Crippen molar-refractivity contribution in [1.82, 2.24) is 10.6 Å². The molecule has 102 valence electrons. The molecule has 0 bridgehead atoms. The fourth-order valence-corrected chi connectivity index (χ4v) is 1.53. The number of methoxy groups -OCH3 is 1. The summed E-state index contributed by atoms with van der Waals surface area (Å²) < 4.78 is 15.4. The van der Waals surface area contributed by atoms with E-state index in [1.165, 1.54) is 0 Å². The third kappa shape index (κ3) is 3.89. The minimum Gasteiger partial charge on any atom is -0.472 e. The van der Waals surface area contributed by atoms with Gasteiger partial charge in [0.2, 0.25) is 0 Å². The van der Waals surface area contributed by atoms with Crippen LogP contribution in [0.4, 0.5) is 4.79 Å². The Balaban J connectivity index is 1.79. The van der Waals surface area contributed by atoms with Crippen molar-refractivity contribution >= 4 is 6.03 Å². The lowest BCUT2D eigenvalue weighted by Crippen LogP contribution is -2.36. The normalized spacial score (nSPS) is 10.4. The molecule has 0 saturated carbocycles. The van der Waals surface area contributed by atoms with Gasteiger partial charge in [-0.1, -0.05) is 0 Å². The zero-order valence-corrected chi connectivity index (χ0v) is 10.6. The average Bonchev–Trinajstić information content (AvgIpc) is 3.07. The third-order valence-corrected chi connectivity index (χ3v) is 2.48. The van der Waals surface area contributed by atoms with E-state index in [0.717, 1.165) is 5.56 Å². The van der Waals surface area contributed by atoms with Gasteiger partial charge in [-0.3, -0.25) is 0 Å². The van der Waals surface area contributed by atoms with Gasteiger partial charge in [0.05, 0.1) is 25.0 Å². The van der Waals surface area contributed by atoms with Gasteiger partial charge < -0.3 is 24.2 Å². The van der Waals surface area contributed by atoms with Crippen molar-refractivity contribution in [2.75, 3.05) is 20.3 Å². The molecule has 0 aromatic carbocycles. The first kappa shape index (κ1) is 13.2. The number of ether oxygens (including phenoxy) is 1. The van der Waals surface area contributed by atoms with E-state index in [1.54, 1.807) is 19.6 Å². The molecule has 6 nitrogen and oxygen atoms in total. The largest absolute Gasteiger partial charge is 0.472 e. The number of carbonyl (C=O) groups excluding carboxylic acids is 1. The van der Waals surface area contributed by atoms with Gasteiger partial charge in [0, 0.05) is 13.7 Å². The predicted octanol–water partition coefficient (Wildman–Crippen LogP) is 1.99. The lowest BCUT2D eigenvalue weighted by atomic mass is 10.3. The van der Waals surface area contributed by atoms with E-state index in [4.69, 9.17) is 13.6 Å². The van der Waals surface area contributed by atoms with Gasteiger partial charge in [-0.05, 0) is 18.2 Å². The molecule has 2 aromatic rings. The second-order valence-corrected chi connectivity index (χ2v) is 3.88. The van der Waals surface area contributed by atoms with Crippen molar-refractivity contribution in [2.45, 2.75) is 6.54 Å². The van der Waals surface area contributed by atoms with Gasteiger partial charge in [0.25, 0.3) is 0 Å². The number of nitrogens with one attached hydrogen (secondary N) is 2. The van der Waals surface area contributed by atoms with Crippen LogP contribution in [0.1, 0.15) is 5.76 Å². The van der Waals surface area contributed by atoms with E-state index >= 15 is 0 Å². The van der Waals surface area contributed by atoms with Crippen molar-refractivity contribution in [2.24, 2.45) is 0 Å². The van der Waals surface area contributed by atoms with Crippen LogP contribution in [-0.2, 0) is 11.3 Å². The van der Waals surface area contributed by atoms with Crippen molar-refractivity contribution in [3.8, 4) is 11.3 Å². The molecule has 2 amide bonds. The van der Waals surface area contributed by atoms with Crippen molar-refractivity contribution < 1.29 is 18.4 Å². The monoisotopic (exact) mass is 264 g/mol. The Labute approximate surface area is 110 Å². The quantitative estimate of drug-likeness (QED) is 0.782. The SMILES string of the molecule is COCCNC(=O)NCc1ccc(-c2ccoc2)o1. The maximum absolute atomic E-state index is 11.4. The topological polar surface area (TPSA) is 76.6 Å². The number of urea groups is 1. The summed E-state index contributed by atoms with van der Waals surface area (Å²) in [5, 5.41) is 5.35. The van der Waals surface area contributed by atoms with Crippen molar-refractivity contribution in [3.05, 3.63) is 36.5 Å². The highest BCUT2D eigenvalue weighted by Gasteiger charge is 2.07. The average molecular weight is 264 g/mol. The van der Waals surface area contributed by atoms with Crippen molar-refractivity contribution in [3.63, 3.8) is 0 Å². The Kier molecular flexibility index (Phi) is 4.63. The highest BCUT2D eigenvalue weighted by Crippen LogP contribution is 2.22. The maximum Gasteiger partial charge on any atom is 0.315 e. The zero-order chi connectivity index (χ0) is 13.5. The van der Waals surface area contributed by atoms with Crippen LogP contribution < -0.4 is 10.6 Å². The van der Waals surface area contributed by atoms with Gasteiger partial charge in [0.15, 0.2) is 0 Å². The lowest BCUT2D eigenvalue weighted by Gasteiger charge is -2.05. The Morgan fingerprint density at radius 1 is 1.32 bits per heavy atom. The van der Waals surface area contributed by atoms with Crippen LogP contribution in [0.2, 0.25) is 0 Å². The summed E-state index contributed by atoms with van der Waals surface area (Å²) in [5.74, 6) is 1.39. The van der Waals surface area contributed by atoms with E-state index < -0.39 is 0 Å². The van der Waals surface area contributed by atoms with E-state index in [0.29, 0.717) is 31.2 Å². The fraction of sp³-hybridized carbons (Fsp3) is 0.308. The Morgan fingerprint density at radius 2 is 2.21 bits per heavy atom. The summed E-state index contributed by atoms with van der Waals surface area (Å²) >= 11 is 0. The molecule has 2 heterocycles. The first-order valence-electron chi connectivity index (χ1n) is 5.91. The standard InChI is InChI=1S/C13H16N2O4/c1-17-7-5-14-13(16)15-8-11-2-3-12(19-11)10-4-6-18-9-10/h2-4,6,9H,5,7-8H2,1H3,(H2,14,15,16). The number of carbonyl (C=O) groups is 1. The second-order valence-electron chi connectivity index (χ2n) is 3.88. The van der Waals surface area contributed by atoms with Crippen LogP contribution in [0, 0.1) is 0 Å². The van der Waals surface area contributed by atoms with Gasteiger partial charge in [-0.25, -0.2) is 4.79 Å². The summed E-state index contributed by atoms with van der Waals surface area (Å²) in [7, 11) is 1.58. The van der Waals surface area contributed by atoms with Crippen LogP contribution in [0.5, 0.6) is 0 Å². The molecule has 0 atom stereocenters. The van der Waals surface area contributed by atoms with Gasteiger partial charge >= 0.3 is 6.03 Å². The number of hydrogen-bond acceptors (Lipinski definition) is 4. The summed E-state index contributed by atoms with van der Waals surface area (Å²) in [6.07, 6.45) is 3.19. The predicted molar refractivity (Wildman–Crippen MR) is 68.5 cm³/mol. The van der Waals surface area contributed by atoms with E-state index in [-0.39, 0.29) is 6.03 Å². The molecule has 6 heteroatoms. The van der Waals surface area contributed by atoms with Crippen molar-refractivity contribution in [1.29, 1.82) is 0 Å². The molecule has 2 rings (SSSR count). The van der Waals surface area contributed by atoms with Crippen LogP contribution in [0.3, 0.4) is 0 Å². The minimum absolute atomic E-state index is 0.252. The van der Waals surface area contributed by atoms with Gasteiger partial charge in [-0.15, -0.1) is 0 Å². The first-order valence-corrected chi connectivity index (χ1v) is 5.91.